The zero-order valence-corrected chi connectivity index (χ0v) is 18.6. The van der Waals surface area contributed by atoms with Crippen molar-refractivity contribution in [2.24, 2.45) is 0 Å². The predicted molar refractivity (Wildman–Crippen MR) is 106 cm³/mol. The van der Waals surface area contributed by atoms with Gasteiger partial charge in [0.1, 0.15) is 18.3 Å². The van der Waals surface area contributed by atoms with Crippen molar-refractivity contribution in [2.45, 2.75) is 44.2 Å². The van der Waals surface area contributed by atoms with Crippen molar-refractivity contribution in [3.05, 3.63) is 11.6 Å². The number of aliphatic hydroxyl groups excluding tert-OH is 2. The quantitative estimate of drug-likeness (QED) is 0.198. The van der Waals surface area contributed by atoms with Crippen molar-refractivity contribution in [1.29, 1.82) is 0 Å². The van der Waals surface area contributed by atoms with Gasteiger partial charge in [0.25, 0.3) is 5.85 Å². The van der Waals surface area contributed by atoms with Gasteiger partial charge in [0, 0.05) is 0 Å². The molecule has 0 spiro atoms. The van der Waals surface area contributed by atoms with E-state index in [9.17, 15) is 29.4 Å². The zero-order chi connectivity index (χ0) is 23.6. The average molecular weight is 497 g/mol. The zero-order valence-electron chi connectivity index (χ0n) is 16.9. The molecule has 3 heterocycles. The molecule has 1 aliphatic rings. The van der Waals surface area contributed by atoms with Crippen LogP contribution in [0.15, 0.2) is 6.33 Å². The molecule has 0 radical (unpaired) electrons. The highest BCUT2D eigenvalue weighted by molar-refractivity contribution is 7.53. The normalized spacial score (nSPS) is 24.6. The Balaban J connectivity index is 1.81. The van der Waals surface area contributed by atoms with Crippen LogP contribution in [0.2, 0.25) is 5.28 Å². The lowest BCUT2D eigenvalue weighted by molar-refractivity contribution is -0.155. The summed E-state index contributed by atoms with van der Waals surface area (Å²) in [5, 5.41) is 20.7. The average Bonchev–Trinajstić information content (AvgIpc) is 3.23. The Kier molecular flexibility index (Phi) is 7.68. The summed E-state index contributed by atoms with van der Waals surface area (Å²) in [6.45, 7) is 2.74. The van der Waals surface area contributed by atoms with Crippen LogP contribution in [0.5, 0.6) is 5.88 Å². The molecule has 2 aromatic rings. The Morgan fingerprint density at radius 2 is 2.00 bits per heavy atom. The first kappa shape index (κ1) is 24.7. The van der Waals surface area contributed by atoms with E-state index in [0.29, 0.717) is 0 Å². The highest BCUT2D eigenvalue weighted by Crippen LogP contribution is 2.43. The molecular formula is C16H22ClN4O10P. The molecule has 32 heavy (non-hydrogen) atoms. The summed E-state index contributed by atoms with van der Waals surface area (Å²) < 4.78 is 33.5. The van der Waals surface area contributed by atoms with Crippen LogP contribution in [0.3, 0.4) is 0 Å². The van der Waals surface area contributed by atoms with E-state index in [0.717, 1.165) is 0 Å². The van der Waals surface area contributed by atoms with Crippen LogP contribution in [-0.2, 0) is 23.6 Å². The van der Waals surface area contributed by atoms with Crippen molar-refractivity contribution in [1.82, 2.24) is 19.5 Å². The fraction of sp³-hybridized carbons (Fsp3) is 0.625. The molecule has 2 aromatic heterocycles. The topological polar surface area (TPSA) is 196 Å². The van der Waals surface area contributed by atoms with Crippen LogP contribution in [0.1, 0.15) is 20.1 Å². The number of rotatable bonds is 9. The molecule has 0 saturated carbocycles. The van der Waals surface area contributed by atoms with E-state index >= 15 is 0 Å². The summed E-state index contributed by atoms with van der Waals surface area (Å²) in [5.74, 6) is -3.35. The van der Waals surface area contributed by atoms with Gasteiger partial charge in [-0.15, -0.1) is 0 Å². The number of esters is 1. The second-order valence-electron chi connectivity index (χ2n) is 6.63. The number of halogens is 1. The van der Waals surface area contributed by atoms with E-state index in [2.05, 4.69) is 19.7 Å². The maximum Gasteiger partial charge on any atom is 0.365 e. The Bertz CT molecular complexity index is 1020. The fourth-order valence-electron chi connectivity index (χ4n) is 3.09. The largest absolute Gasteiger partial charge is 0.476 e. The van der Waals surface area contributed by atoms with Gasteiger partial charge in [-0.25, -0.2) is 9.78 Å². The van der Waals surface area contributed by atoms with Crippen LogP contribution in [0.25, 0.3) is 11.2 Å². The first-order valence-corrected chi connectivity index (χ1v) is 11.5. The summed E-state index contributed by atoms with van der Waals surface area (Å²) in [4.78, 5) is 42.7. The van der Waals surface area contributed by atoms with E-state index in [1.165, 1.54) is 17.8 Å². The third kappa shape index (κ3) is 5.02. The molecule has 1 saturated heterocycles. The molecule has 1 aliphatic heterocycles. The van der Waals surface area contributed by atoms with Gasteiger partial charge in [-0.05, 0) is 25.4 Å². The lowest BCUT2D eigenvalue weighted by atomic mass is 10.1. The van der Waals surface area contributed by atoms with Gasteiger partial charge >= 0.3 is 13.6 Å². The van der Waals surface area contributed by atoms with Crippen molar-refractivity contribution in [3.8, 4) is 5.88 Å². The standard InChI is InChI=1S/C16H22ClN4O10P/c1-3-28-12-8-11(19-16(17)20-12)21(6-18-8)13-10(23)9(22)7(31-13)5-30-15(32(25,26)27)14(24)29-4-2/h6-7,9-10,13,15,22-23H,3-5H2,1-2H3,(H2,25,26,27)/t7-,9-,10-,13-,15-/m1/s1. The molecule has 16 heteroatoms. The molecule has 3 rings (SSSR count). The van der Waals surface area contributed by atoms with Gasteiger partial charge in [-0.1, -0.05) is 0 Å². The van der Waals surface area contributed by atoms with Crippen molar-refractivity contribution < 1.29 is 48.3 Å². The van der Waals surface area contributed by atoms with Crippen LogP contribution in [-0.4, -0.2) is 89.5 Å². The second-order valence-corrected chi connectivity index (χ2v) is 8.61. The Morgan fingerprint density at radius 1 is 1.28 bits per heavy atom. The van der Waals surface area contributed by atoms with E-state index in [4.69, 9.17) is 25.8 Å². The maximum absolute atomic E-state index is 11.8. The molecule has 14 nitrogen and oxygen atoms in total. The maximum atomic E-state index is 11.8. The Hall–Kier alpha value is -1.90. The van der Waals surface area contributed by atoms with Gasteiger partial charge in [-0.3, -0.25) is 9.13 Å². The molecule has 5 atom stereocenters. The molecule has 0 aliphatic carbocycles. The summed E-state index contributed by atoms with van der Waals surface area (Å²) in [5.41, 5.74) is 0.399. The van der Waals surface area contributed by atoms with Gasteiger partial charge in [0.05, 0.1) is 26.1 Å². The molecule has 1 fully saturated rings. The minimum Gasteiger partial charge on any atom is -0.476 e. The third-order valence-corrected chi connectivity index (χ3v) is 5.61. The summed E-state index contributed by atoms with van der Waals surface area (Å²) in [6.07, 6.45) is -4.21. The van der Waals surface area contributed by atoms with Crippen molar-refractivity contribution in [2.75, 3.05) is 19.8 Å². The van der Waals surface area contributed by atoms with Crippen molar-refractivity contribution >= 4 is 36.3 Å². The van der Waals surface area contributed by atoms with Gasteiger partial charge in [0.15, 0.2) is 17.4 Å². The summed E-state index contributed by atoms with van der Waals surface area (Å²) >= 11 is 5.94. The van der Waals surface area contributed by atoms with E-state index < -0.39 is 50.6 Å². The number of imidazole rings is 1. The molecular weight excluding hydrogens is 475 g/mol. The number of aromatic nitrogens is 4. The summed E-state index contributed by atoms with van der Waals surface area (Å²) in [6, 6.07) is 0. The lowest BCUT2D eigenvalue weighted by Gasteiger charge is -2.20. The number of hydrogen-bond acceptors (Lipinski definition) is 11. The van der Waals surface area contributed by atoms with Crippen LogP contribution >= 0.6 is 19.2 Å². The molecule has 178 valence electrons. The number of fused-ring (bicyclic) bond motifs is 1. The van der Waals surface area contributed by atoms with Gasteiger partial charge in [-0.2, -0.15) is 9.97 Å². The van der Waals surface area contributed by atoms with Crippen LogP contribution < -0.4 is 4.74 Å². The second kappa shape index (κ2) is 9.93. The van der Waals surface area contributed by atoms with E-state index in [-0.39, 0.29) is 35.5 Å². The Labute approximate surface area is 186 Å². The number of aliphatic hydroxyl groups is 2. The molecule has 0 bridgehead atoms. The molecule has 0 unspecified atom stereocenters. The van der Waals surface area contributed by atoms with E-state index in [1.54, 1.807) is 6.92 Å². The molecule has 4 N–H and O–H groups in total. The minimum atomic E-state index is -5.02. The number of nitrogens with zero attached hydrogens (tertiary/aromatic N) is 4. The van der Waals surface area contributed by atoms with Gasteiger partial charge in [0.2, 0.25) is 11.2 Å². The monoisotopic (exact) mass is 496 g/mol. The van der Waals surface area contributed by atoms with Gasteiger partial charge < -0.3 is 38.9 Å². The van der Waals surface area contributed by atoms with Crippen LogP contribution in [0.4, 0.5) is 0 Å². The van der Waals surface area contributed by atoms with Crippen molar-refractivity contribution in [3.63, 3.8) is 0 Å². The number of carbonyl (C=O) groups is 1. The minimum absolute atomic E-state index is 0.119. The third-order valence-electron chi connectivity index (χ3n) is 4.47. The SMILES string of the molecule is CCOC(=O)[C@H](OC[C@H]1O[C@@H](n2cnc3c(OCC)nc(Cl)nc32)[C@H](O)[C@@H]1O)P(=O)(O)O. The number of carbonyl (C=O) groups excluding carboxylic acids is 1. The number of hydrogen-bond donors (Lipinski definition) is 4. The van der Waals surface area contributed by atoms with E-state index in [1.807, 2.05) is 0 Å². The first-order chi connectivity index (χ1) is 15.1. The number of ether oxygens (including phenoxy) is 4. The first-order valence-electron chi connectivity index (χ1n) is 9.46. The van der Waals surface area contributed by atoms with Crippen LogP contribution in [0, 0.1) is 0 Å². The predicted octanol–water partition coefficient (Wildman–Crippen LogP) is -0.419. The smallest absolute Gasteiger partial charge is 0.365 e. The highest BCUT2D eigenvalue weighted by Gasteiger charge is 2.46. The molecule has 0 amide bonds. The Morgan fingerprint density at radius 3 is 2.62 bits per heavy atom. The summed E-state index contributed by atoms with van der Waals surface area (Å²) in [7, 11) is -5.02. The fourth-order valence-corrected chi connectivity index (χ4v) is 3.87. The highest BCUT2D eigenvalue weighted by atomic mass is 35.5. The molecule has 0 aromatic carbocycles. The lowest BCUT2D eigenvalue weighted by Crippen LogP contribution is -2.36.